The molecule has 5 amide bonds. The highest BCUT2D eigenvalue weighted by molar-refractivity contribution is 8.76. The molecule has 10 nitrogen and oxygen atoms in total. The van der Waals surface area contributed by atoms with Gasteiger partial charge in [0.2, 0.25) is 17.7 Å². The number of carbonyl (C=O) groups is 6. The van der Waals surface area contributed by atoms with Crippen molar-refractivity contribution in [3.05, 3.63) is 54.6 Å². The van der Waals surface area contributed by atoms with Crippen molar-refractivity contribution >= 4 is 107 Å². The third-order valence-electron chi connectivity index (χ3n) is 11.6. The number of nitrogens with zero attached hydrogens (tertiary/aromatic N) is 2. The van der Waals surface area contributed by atoms with Crippen molar-refractivity contribution in [2.75, 3.05) is 28.7 Å². The van der Waals surface area contributed by atoms with E-state index in [0.29, 0.717) is 29.5 Å². The van der Waals surface area contributed by atoms with E-state index in [9.17, 15) is 28.8 Å². The number of hydrogen-bond acceptors (Lipinski definition) is 10. The Labute approximate surface area is 372 Å². The molecule has 2 saturated heterocycles. The molecule has 0 radical (unpaired) electrons. The molecule has 6 rings (SSSR count). The highest BCUT2D eigenvalue weighted by atomic mass is 33.1. The molecule has 2 fully saturated rings. The maximum absolute atomic E-state index is 13.5. The van der Waals surface area contributed by atoms with Gasteiger partial charge in [-0.15, -0.1) is 16.8 Å². The van der Waals surface area contributed by atoms with Gasteiger partial charge in [-0.1, -0.05) is 147 Å². The van der Waals surface area contributed by atoms with Crippen molar-refractivity contribution in [3.8, 4) is 0 Å². The summed E-state index contributed by atoms with van der Waals surface area (Å²) in [7, 11) is 4.00. The number of imide groups is 2. The molecular formula is C48H61N3O7S3. The highest BCUT2D eigenvalue weighted by Gasteiger charge is 2.40. The van der Waals surface area contributed by atoms with Crippen LogP contribution in [0.2, 0.25) is 0 Å². The van der Waals surface area contributed by atoms with Crippen LogP contribution in [0.25, 0.3) is 32.3 Å². The third kappa shape index (κ3) is 13.6. The van der Waals surface area contributed by atoms with Crippen LogP contribution in [0, 0.1) is 0 Å². The topological polar surface area (TPSA) is 130 Å². The summed E-state index contributed by atoms with van der Waals surface area (Å²) in [5, 5.41) is 9.73. The Balaban J connectivity index is 0.692. The van der Waals surface area contributed by atoms with Crippen LogP contribution in [0.15, 0.2) is 54.6 Å². The predicted molar refractivity (Wildman–Crippen MR) is 252 cm³/mol. The van der Waals surface area contributed by atoms with Crippen LogP contribution in [0.1, 0.15) is 135 Å². The number of hydrogen-bond donors (Lipinski definition) is 1. The quantitative estimate of drug-likeness (QED) is 0.0243. The molecule has 61 heavy (non-hydrogen) atoms. The van der Waals surface area contributed by atoms with Gasteiger partial charge in [0.1, 0.15) is 0 Å². The highest BCUT2D eigenvalue weighted by Crippen LogP contribution is 2.41. The zero-order valence-electron chi connectivity index (χ0n) is 35.4. The summed E-state index contributed by atoms with van der Waals surface area (Å²) < 4.78 is 0. The first kappa shape index (κ1) is 46.7. The average Bonchev–Trinajstić information content (AvgIpc) is 3.73. The largest absolute Gasteiger partial charge is 0.355 e. The Morgan fingerprint density at radius 1 is 0.590 bits per heavy atom. The molecule has 0 bridgehead atoms. The normalized spacial score (nSPS) is 15.7. The van der Waals surface area contributed by atoms with Gasteiger partial charge in [-0.25, -0.2) is 9.69 Å². The standard InChI is InChI=1S/C48H61N3O7S3/c52-41(49-30-33-59-40-34-44(55)50(48(40)57)39-27-25-37-23-22-35-18-17-19-36-24-26-38(39)47(37)46(35)36)20-13-9-5-1-3-7-11-15-31-60-61-32-16-12-8-4-2-6-10-14-21-45(56)58-51-42(53)28-29-43(51)54/h17-19,22-27,40H,1-16,20-21,28-34H2,(H,49,52). The lowest BCUT2D eigenvalue weighted by Gasteiger charge is -2.20. The van der Waals surface area contributed by atoms with Gasteiger partial charge in [0.25, 0.3) is 11.8 Å². The Morgan fingerprint density at radius 3 is 1.74 bits per heavy atom. The summed E-state index contributed by atoms with van der Waals surface area (Å²) in [5.74, 6) is 1.36. The molecule has 4 aromatic carbocycles. The van der Waals surface area contributed by atoms with Gasteiger partial charge < -0.3 is 10.2 Å². The molecule has 1 unspecified atom stereocenters. The molecule has 2 aliphatic heterocycles. The van der Waals surface area contributed by atoms with Gasteiger partial charge in [0, 0.05) is 61.3 Å². The molecule has 4 aromatic rings. The second kappa shape index (κ2) is 24.7. The number of anilines is 1. The number of amides is 5. The van der Waals surface area contributed by atoms with Crippen LogP contribution in [-0.2, 0) is 33.6 Å². The van der Waals surface area contributed by atoms with Crippen LogP contribution in [0.4, 0.5) is 5.69 Å². The molecule has 13 heteroatoms. The zero-order chi connectivity index (χ0) is 42.8. The summed E-state index contributed by atoms with van der Waals surface area (Å²) >= 11 is 1.46. The number of nitrogens with one attached hydrogen (secondary N) is 1. The minimum Gasteiger partial charge on any atom is -0.355 e. The van der Waals surface area contributed by atoms with Crippen LogP contribution < -0.4 is 10.2 Å². The molecular weight excluding hydrogens is 827 g/mol. The summed E-state index contributed by atoms with van der Waals surface area (Å²) in [6, 6.07) is 18.5. The van der Waals surface area contributed by atoms with E-state index in [2.05, 4.69) is 35.6 Å². The Bertz CT molecular complexity index is 2080. The number of thioether (sulfide) groups is 1. The van der Waals surface area contributed by atoms with Crippen molar-refractivity contribution in [1.82, 2.24) is 10.4 Å². The number of benzene rings is 4. The second-order valence-corrected chi connectivity index (χ2v) is 20.3. The van der Waals surface area contributed by atoms with Crippen molar-refractivity contribution in [2.24, 2.45) is 0 Å². The fraction of sp³-hybridized carbons (Fsp3) is 0.542. The van der Waals surface area contributed by atoms with Gasteiger partial charge in [-0.2, -0.15) is 0 Å². The molecule has 1 atom stereocenters. The fourth-order valence-electron chi connectivity index (χ4n) is 8.30. The van der Waals surface area contributed by atoms with E-state index < -0.39 is 23.0 Å². The lowest BCUT2D eigenvalue weighted by molar-refractivity contribution is -0.197. The second-order valence-electron chi connectivity index (χ2n) is 16.3. The van der Waals surface area contributed by atoms with Crippen LogP contribution in [-0.4, -0.2) is 69.6 Å². The van der Waals surface area contributed by atoms with E-state index in [1.807, 2.05) is 45.9 Å². The molecule has 2 aliphatic rings. The molecule has 0 aliphatic carbocycles. The molecule has 0 saturated carbocycles. The average molecular weight is 888 g/mol. The zero-order valence-corrected chi connectivity index (χ0v) is 37.9. The van der Waals surface area contributed by atoms with Gasteiger partial charge in [-0.05, 0) is 58.7 Å². The van der Waals surface area contributed by atoms with E-state index in [-0.39, 0.29) is 43.4 Å². The number of carbonyl (C=O) groups excluding carboxylic acids is 6. The SMILES string of the molecule is O=C(CCCCCCCCCCSSCCCCCCCCCCC(=O)ON1C(=O)CCC1=O)NCCSC1CC(=O)N(c2ccc3ccc4cccc5ccc2c3c45)C1=O. The number of hydroxylamine groups is 2. The molecule has 1 N–H and O–H groups in total. The maximum atomic E-state index is 13.5. The minimum atomic E-state index is -0.502. The summed E-state index contributed by atoms with van der Waals surface area (Å²) in [6.45, 7) is 0.487. The van der Waals surface area contributed by atoms with E-state index in [1.165, 1.54) is 92.4 Å². The molecule has 328 valence electrons. The van der Waals surface area contributed by atoms with Gasteiger partial charge in [0.05, 0.1) is 10.9 Å². The molecule has 2 heterocycles. The number of unbranched alkanes of at least 4 members (excludes halogenated alkanes) is 14. The van der Waals surface area contributed by atoms with Crippen LogP contribution in [0.3, 0.4) is 0 Å². The van der Waals surface area contributed by atoms with E-state index in [0.717, 1.165) is 70.8 Å². The molecule has 0 spiro atoms. The summed E-state index contributed by atoms with van der Waals surface area (Å²) in [5.41, 5.74) is 0.653. The van der Waals surface area contributed by atoms with Crippen LogP contribution >= 0.6 is 33.3 Å². The summed E-state index contributed by atoms with van der Waals surface area (Å²) in [6.07, 6.45) is 19.5. The van der Waals surface area contributed by atoms with Gasteiger partial charge >= 0.3 is 5.97 Å². The smallest absolute Gasteiger partial charge is 0.333 e. The first-order chi connectivity index (χ1) is 29.8. The Kier molecular flexibility index (Phi) is 18.9. The van der Waals surface area contributed by atoms with E-state index in [1.54, 1.807) is 0 Å². The summed E-state index contributed by atoms with van der Waals surface area (Å²) in [4.78, 5) is 80.3. The van der Waals surface area contributed by atoms with Crippen LogP contribution in [0.5, 0.6) is 0 Å². The first-order valence-electron chi connectivity index (χ1n) is 22.5. The predicted octanol–water partition coefficient (Wildman–Crippen LogP) is 11.1. The van der Waals surface area contributed by atoms with E-state index >= 15 is 0 Å². The van der Waals surface area contributed by atoms with Crippen molar-refractivity contribution in [3.63, 3.8) is 0 Å². The van der Waals surface area contributed by atoms with Crippen molar-refractivity contribution < 1.29 is 33.6 Å². The Hall–Kier alpha value is -3.81. The third-order valence-corrected chi connectivity index (χ3v) is 15.4. The number of rotatable bonds is 29. The minimum absolute atomic E-state index is 0.0568. The first-order valence-corrected chi connectivity index (χ1v) is 26.1. The van der Waals surface area contributed by atoms with Crippen molar-refractivity contribution in [2.45, 2.75) is 140 Å². The Morgan fingerprint density at radius 2 is 1.11 bits per heavy atom. The van der Waals surface area contributed by atoms with Crippen molar-refractivity contribution in [1.29, 1.82) is 0 Å². The monoisotopic (exact) mass is 887 g/mol. The maximum Gasteiger partial charge on any atom is 0.333 e. The lowest BCUT2D eigenvalue weighted by atomic mass is 9.93. The lowest BCUT2D eigenvalue weighted by Crippen LogP contribution is -2.32. The van der Waals surface area contributed by atoms with Gasteiger partial charge in [0.15, 0.2) is 0 Å². The fourth-order valence-corrected chi connectivity index (χ4v) is 11.6. The van der Waals surface area contributed by atoms with E-state index in [4.69, 9.17) is 4.84 Å². The molecule has 0 aromatic heterocycles. The van der Waals surface area contributed by atoms with Gasteiger partial charge in [-0.3, -0.25) is 24.0 Å².